The van der Waals surface area contributed by atoms with E-state index >= 15 is 0 Å². The van der Waals surface area contributed by atoms with E-state index in [2.05, 4.69) is 43.3 Å². The van der Waals surface area contributed by atoms with Gasteiger partial charge in [-0.15, -0.1) is 10.1 Å². The molecule has 3 rings (SSSR count). The molecule has 4 nitrogen and oxygen atoms in total. The highest BCUT2D eigenvalue weighted by Gasteiger charge is 2.44. The average molecular weight is 421 g/mol. The standard InChI is InChI=1S/C25H28NO3P/c1-2-3-7-20-24(21-14-8-4-9-15-21)25(30-29-26(27)28,22-16-10-5-11-17-22)23-18-12-6-13-19-23/h4-6,8-19,24,30H,2-3,7,20H2,1H3. The summed E-state index contributed by atoms with van der Waals surface area (Å²) in [4.78, 5) is 11.3. The van der Waals surface area contributed by atoms with Crippen LogP contribution in [-0.2, 0) is 9.78 Å². The van der Waals surface area contributed by atoms with Crippen LogP contribution in [0.15, 0.2) is 91.0 Å². The van der Waals surface area contributed by atoms with E-state index in [0.717, 1.165) is 36.8 Å². The van der Waals surface area contributed by atoms with Crippen molar-refractivity contribution in [3.63, 3.8) is 0 Å². The quantitative estimate of drug-likeness (QED) is 0.144. The Hall–Kier alpha value is -2.71. The van der Waals surface area contributed by atoms with Crippen molar-refractivity contribution in [1.29, 1.82) is 0 Å². The summed E-state index contributed by atoms with van der Waals surface area (Å²) in [5, 5.41) is 10.0. The molecule has 0 amide bonds. The molecule has 0 aliphatic carbocycles. The zero-order valence-electron chi connectivity index (χ0n) is 17.2. The summed E-state index contributed by atoms with van der Waals surface area (Å²) < 4.78 is 5.17. The van der Waals surface area contributed by atoms with Gasteiger partial charge in [0.15, 0.2) is 0 Å². The molecule has 0 radical (unpaired) electrons. The van der Waals surface area contributed by atoms with Gasteiger partial charge in [-0.25, -0.2) is 0 Å². The van der Waals surface area contributed by atoms with Crippen molar-refractivity contribution in [2.24, 2.45) is 0 Å². The van der Waals surface area contributed by atoms with Crippen molar-refractivity contribution in [2.45, 2.75) is 43.7 Å². The molecule has 0 bridgehead atoms. The summed E-state index contributed by atoms with van der Waals surface area (Å²) >= 11 is 0. The lowest BCUT2D eigenvalue weighted by Gasteiger charge is -2.41. The summed E-state index contributed by atoms with van der Waals surface area (Å²) in [6.45, 7) is 2.19. The molecule has 0 fully saturated rings. The van der Waals surface area contributed by atoms with E-state index in [0.29, 0.717) is 0 Å². The molecule has 0 spiro atoms. The third-order valence-electron chi connectivity index (χ3n) is 5.56. The lowest BCUT2D eigenvalue weighted by molar-refractivity contribution is -0.710. The smallest absolute Gasteiger partial charge is 0.296 e. The van der Waals surface area contributed by atoms with E-state index < -0.39 is 10.2 Å². The lowest BCUT2D eigenvalue weighted by Crippen LogP contribution is -2.32. The predicted molar refractivity (Wildman–Crippen MR) is 123 cm³/mol. The number of unbranched alkanes of at least 4 members (excludes halogenated alkanes) is 2. The monoisotopic (exact) mass is 421 g/mol. The zero-order chi connectivity index (χ0) is 21.2. The van der Waals surface area contributed by atoms with Crippen LogP contribution < -0.4 is 0 Å². The van der Waals surface area contributed by atoms with Gasteiger partial charge in [-0.2, -0.15) is 0 Å². The highest BCUT2D eigenvalue weighted by atomic mass is 31.1. The summed E-state index contributed by atoms with van der Waals surface area (Å²) in [6.07, 6.45) is 4.23. The first-order valence-electron chi connectivity index (χ1n) is 10.4. The molecule has 0 aromatic heterocycles. The van der Waals surface area contributed by atoms with E-state index in [-0.39, 0.29) is 14.7 Å². The first-order chi connectivity index (χ1) is 14.7. The number of hydrogen-bond donors (Lipinski definition) is 0. The van der Waals surface area contributed by atoms with Crippen LogP contribution in [0, 0.1) is 10.1 Å². The molecule has 2 unspecified atom stereocenters. The van der Waals surface area contributed by atoms with Gasteiger partial charge in [0.05, 0.1) is 14.0 Å². The van der Waals surface area contributed by atoms with Gasteiger partial charge in [0.2, 0.25) is 0 Å². The minimum Gasteiger partial charge on any atom is -0.296 e. The van der Waals surface area contributed by atoms with Gasteiger partial charge in [-0.3, -0.25) is 4.62 Å². The summed E-state index contributed by atoms with van der Waals surface area (Å²) in [5.74, 6) is 0.0494. The van der Waals surface area contributed by atoms with Gasteiger partial charge in [-0.05, 0) is 23.1 Å². The second kappa shape index (κ2) is 10.9. The summed E-state index contributed by atoms with van der Waals surface area (Å²) in [5.41, 5.74) is 3.27. The SMILES string of the molecule is CCCCCC(c1ccccc1)C(PO[N+](=O)[O-])(c1ccccc1)c1ccccc1. The van der Waals surface area contributed by atoms with Crippen LogP contribution in [0.5, 0.6) is 0 Å². The van der Waals surface area contributed by atoms with Gasteiger partial charge in [0.25, 0.3) is 5.09 Å². The van der Waals surface area contributed by atoms with E-state index in [1.165, 1.54) is 5.56 Å². The molecular weight excluding hydrogens is 393 g/mol. The Morgan fingerprint density at radius 1 is 0.867 bits per heavy atom. The van der Waals surface area contributed by atoms with E-state index in [1.807, 2.05) is 54.6 Å². The van der Waals surface area contributed by atoms with Gasteiger partial charge in [-0.1, -0.05) is 117 Å². The number of rotatable bonds is 11. The van der Waals surface area contributed by atoms with Gasteiger partial charge >= 0.3 is 0 Å². The summed E-state index contributed by atoms with van der Waals surface area (Å²) in [6, 6.07) is 30.6. The lowest BCUT2D eigenvalue weighted by atomic mass is 9.74. The van der Waals surface area contributed by atoms with Crippen LogP contribution in [0.2, 0.25) is 0 Å². The highest BCUT2D eigenvalue weighted by molar-refractivity contribution is 7.34. The third-order valence-corrected chi connectivity index (χ3v) is 7.05. The Balaban J connectivity index is 2.23. The fourth-order valence-corrected chi connectivity index (χ4v) is 5.43. The molecule has 0 N–H and O–H groups in total. The Labute approximate surface area is 180 Å². The van der Waals surface area contributed by atoms with Crippen molar-refractivity contribution in [2.75, 3.05) is 0 Å². The highest BCUT2D eigenvalue weighted by Crippen LogP contribution is 2.58. The second-order valence-corrected chi connectivity index (χ2v) is 8.59. The van der Waals surface area contributed by atoms with Crippen molar-refractivity contribution in [3.8, 4) is 0 Å². The van der Waals surface area contributed by atoms with Crippen LogP contribution in [0.3, 0.4) is 0 Å². The molecule has 0 saturated carbocycles. The van der Waals surface area contributed by atoms with E-state index in [4.69, 9.17) is 4.62 Å². The van der Waals surface area contributed by atoms with E-state index in [1.54, 1.807) is 0 Å². The topological polar surface area (TPSA) is 52.4 Å². The predicted octanol–water partition coefficient (Wildman–Crippen LogP) is 7.10. The van der Waals surface area contributed by atoms with Gasteiger partial charge < -0.3 is 0 Å². The van der Waals surface area contributed by atoms with Gasteiger partial charge in [0, 0.05) is 5.92 Å². The van der Waals surface area contributed by atoms with Crippen molar-refractivity contribution >= 4 is 8.81 Å². The normalized spacial score (nSPS) is 12.7. The third kappa shape index (κ3) is 5.06. The molecular formula is C25H28NO3P. The number of hydrogen-bond acceptors (Lipinski definition) is 3. The van der Waals surface area contributed by atoms with Gasteiger partial charge in [0.1, 0.15) is 0 Å². The van der Waals surface area contributed by atoms with Crippen LogP contribution >= 0.6 is 8.81 Å². The van der Waals surface area contributed by atoms with Crippen molar-refractivity contribution in [1.82, 2.24) is 0 Å². The van der Waals surface area contributed by atoms with Crippen molar-refractivity contribution < 1.29 is 9.71 Å². The molecule has 30 heavy (non-hydrogen) atoms. The molecule has 0 aliphatic heterocycles. The molecule has 2 atom stereocenters. The minimum atomic E-state index is -0.660. The number of benzene rings is 3. The Morgan fingerprint density at radius 2 is 1.37 bits per heavy atom. The maximum atomic E-state index is 11.3. The van der Waals surface area contributed by atoms with Crippen LogP contribution in [-0.4, -0.2) is 5.09 Å². The molecule has 156 valence electrons. The Kier molecular flexibility index (Phi) is 7.98. The zero-order valence-corrected chi connectivity index (χ0v) is 18.2. The largest absolute Gasteiger partial charge is 0.297 e. The first kappa shape index (κ1) is 22.0. The molecule has 0 aliphatic rings. The minimum absolute atomic E-state index is 0.0494. The number of nitrogens with zero attached hydrogens (tertiary/aromatic N) is 1. The van der Waals surface area contributed by atoms with E-state index in [9.17, 15) is 10.1 Å². The fourth-order valence-electron chi connectivity index (χ4n) is 4.19. The molecule has 0 saturated heterocycles. The molecule has 5 heteroatoms. The fraction of sp³-hybridized carbons (Fsp3) is 0.280. The maximum absolute atomic E-state index is 11.3. The first-order valence-corrected chi connectivity index (χ1v) is 11.3. The molecule has 3 aromatic rings. The second-order valence-electron chi connectivity index (χ2n) is 7.42. The molecule has 3 aromatic carbocycles. The van der Waals surface area contributed by atoms with Crippen LogP contribution in [0.4, 0.5) is 0 Å². The Bertz CT molecular complexity index is 864. The maximum Gasteiger partial charge on any atom is 0.297 e. The molecule has 0 heterocycles. The van der Waals surface area contributed by atoms with Crippen molar-refractivity contribution in [3.05, 3.63) is 118 Å². The van der Waals surface area contributed by atoms with Crippen LogP contribution in [0.25, 0.3) is 0 Å². The Morgan fingerprint density at radius 3 is 1.83 bits per heavy atom. The summed E-state index contributed by atoms with van der Waals surface area (Å²) in [7, 11) is -0.352. The van der Waals surface area contributed by atoms with Crippen LogP contribution in [0.1, 0.15) is 55.2 Å². The average Bonchev–Trinajstić information content (AvgIpc) is 2.80.